The van der Waals surface area contributed by atoms with E-state index in [2.05, 4.69) is 19.1 Å². The highest BCUT2D eigenvalue weighted by Crippen LogP contribution is 2.32. The van der Waals surface area contributed by atoms with E-state index in [1.807, 2.05) is 36.1 Å². The number of quaternary nitrogens is 1. The summed E-state index contributed by atoms with van der Waals surface area (Å²) in [5, 5.41) is 0. The van der Waals surface area contributed by atoms with Crippen LogP contribution in [0.2, 0.25) is 0 Å². The number of carbonyl (C=O) groups excluding carboxylic acids is 1. The van der Waals surface area contributed by atoms with Gasteiger partial charge < -0.3 is 24.0 Å². The number of nitrogens with zero attached hydrogens (tertiary/aromatic N) is 1. The zero-order valence-electron chi connectivity index (χ0n) is 16.5. The summed E-state index contributed by atoms with van der Waals surface area (Å²) in [6, 6.07) is 12.0. The van der Waals surface area contributed by atoms with Crippen LogP contribution in [0.15, 0.2) is 36.4 Å². The Morgan fingerprint density at radius 1 is 1.04 bits per heavy atom. The summed E-state index contributed by atoms with van der Waals surface area (Å²) in [7, 11) is 0. The first-order valence-corrected chi connectivity index (χ1v) is 9.78. The van der Waals surface area contributed by atoms with E-state index in [4.69, 9.17) is 14.2 Å². The van der Waals surface area contributed by atoms with Crippen LogP contribution in [0.3, 0.4) is 0 Å². The van der Waals surface area contributed by atoms with Crippen LogP contribution in [0.25, 0.3) is 0 Å². The number of ether oxygens (including phenoxy) is 3. The third kappa shape index (κ3) is 4.22. The summed E-state index contributed by atoms with van der Waals surface area (Å²) in [5.41, 5.74) is 3.63. The summed E-state index contributed by atoms with van der Waals surface area (Å²) in [6.07, 6.45) is 0. The van der Waals surface area contributed by atoms with E-state index < -0.39 is 0 Å². The fraction of sp³-hybridized carbons (Fsp3) is 0.409. The molecular formula is C22H27N2O4+. The lowest BCUT2D eigenvalue weighted by atomic mass is 10.1. The zero-order valence-corrected chi connectivity index (χ0v) is 16.5. The molecule has 0 unspecified atom stereocenters. The minimum absolute atomic E-state index is 0.0559. The van der Waals surface area contributed by atoms with Gasteiger partial charge in [0, 0.05) is 5.56 Å². The van der Waals surface area contributed by atoms with Crippen molar-refractivity contribution in [2.45, 2.75) is 20.4 Å². The molecular weight excluding hydrogens is 356 g/mol. The first kappa shape index (κ1) is 18.6. The Morgan fingerprint density at radius 3 is 2.61 bits per heavy atom. The Labute approximate surface area is 165 Å². The highest BCUT2D eigenvalue weighted by atomic mass is 16.7. The van der Waals surface area contributed by atoms with Crippen molar-refractivity contribution in [3.8, 4) is 17.2 Å². The van der Waals surface area contributed by atoms with E-state index in [0.29, 0.717) is 6.79 Å². The second kappa shape index (κ2) is 8.10. The Bertz CT molecular complexity index is 860. The van der Waals surface area contributed by atoms with Crippen molar-refractivity contribution in [2.24, 2.45) is 0 Å². The Hall–Kier alpha value is -2.73. The number of carbonyl (C=O) groups is 1. The van der Waals surface area contributed by atoms with E-state index >= 15 is 0 Å². The standard InChI is InChI=1S/C22H26N2O4/c1-16-3-5-19(11-17(16)2)26-14-22(25)24-9-7-23(8-10-24)13-18-4-6-20-21(12-18)28-15-27-20/h3-6,11-12H,7-10,13-15H2,1-2H3/p+1. The lowest BCUT2D eigenvalue weighted by Gasteiger charge is -2.32. The minimum atomic E-state index is 0.0559. The number of fused-ring (bicyclic) bond motifs is 1. The van der Waals surface area contributed by atoms with Gasteiger partial charge in [-0.1, -0.05) is 6.07 Å². The first-order valence-electron chi connectivity index (χ1n) is 9.78. The average molecular weight is 383 g/mol. The summed E-state index contributed by atoms with van der Waals surface area (Å²) in [4.78, 5) is 15.9. The van der Waals surface area contributed by atoms with Crippen LogP contribution in [0.5, 0.6) is 17.2 Å². The molecule has 4 rings (SSSR count). The second-order valence-corrected chi connectivity index (χ2v) is 7.53. The fourth-order valence-corrected chi connectivity index (χ4v) is 3.63. The molecule has 0 aromatic heterocycles. The molecule has 0 bridgehead atoms. The number of nitrogens with one attached hydrogen (secondary N) is 1. The number of aryl methyl sites for hydroxylation is 2. The van der Waals surface area contributed by atoms with E-state index in [1.165, 1.54) is 21.6 Å². The van der Waals surface area contributed by atoms with Gasteiger partial charge in [0.15, 0.2) is 18.1 Å². The Kier molecular flexibility index (Phi) is 5.39. The molecule has 1 N–H and O–H groups in total. The summed E-state index contributed by atoms with van der Waals surface area (Å²) in [6.45, 7) is 8.83. The van der Waals surface area contributed by atoms with Crippen molar-refractivity contribution in [1.29, 1.82) is 0 Å². The molecule has 28 heavy (non-hydrogen) atoms. The molecule has 2 aliphatic rings. The number of piperazine rings is 1. The van der Waals surface area contributed by atoms with Crippen LogP contribution in [0.1, 0.15) is 16.7 Å². The van der Waals surface area contributed by atoms with Crippen molar-refractivity contribution in [3.63, 3.8) is 0 Å². The molecule has 6 nitrogen and oxygen atoms in total. The lowest BCUT2D eigenvalue weighted by Crippen LogP contribution is -3.13. The predicted octanol–water partition coefficient (Wildman–Crippen LogP) is 1.34. The van der Waals surface area contributed by atoms with Crippen molar-refractivity contribution in [2.75, 3.05) is 39.6 Å². The molecule has 6 heteroatoms. The van der Waals surface area contributed by atoms with Gasteiger partial charge in [-0.05, 0) is 55.3 Å². The van der Waals surface area contributed by atoms with Crippen LogP contribution in [0, 0.1) is 13.8 Å². The molecule has 1 amide bonds. The maximum atomic E-state index is 12.5. The van der Waals surface area contributed by atoms with Crippen LogP contribution >= 0.6 is 0 Å². The molecule has 2 heterocycles. The highest BCUT2D eigenvalue weighted by Gasteiger charge is 2.24. The molecule has 1 fully saturated rings. The van der Waals surface area contributed by atoms with Gasteiger partial charge in [-0.25, -0.2) is 0 Å². The smallest absolute Gasteiger partial charge is 0.260 e. The normalized spacial score (nSPS) is 16.3. The molecule has 2 aromatic rings. The summed E-state index contributed by atoms with van der Waals surface area (Å²) in [5.74, 6) is 2.45. The lowest BCUT2D eigenvalue weighted by molar-refractivity contribution is -0.917. The number of benzene rings is 2. The third-order valence-corrected chi connectivity index (χ3v) is 5.56. The number of rotatable bonds is 5. The molecule has 0 aliphatic carbocycles. The SMILES string of the molecule is Cc1ccc(OCC(=O)N2CC[NH+](Cc3ccc4c(c3)OCO4)CC2)cc1C. The molecule has 2 aliphatic heterocycles. The highest BCUT2D eigenvalue weighted by molar-refractivity contribution is 5.77. The van der Waals surface area contributed by atoms with E-state index in [-0.39, 0.29) is 12.5 Å². The number of hydrogen-bond donors (Lipinski definition) is 1. The van der Waals surface area contributed by atoms with E-state index in [1.54, 1.807) is 0 Å². The fourth-order valence-electron chi connectivity index (χ4n) is 3.63. The van der Waals surface area contributed by atoms with Crippen molar-refractivity contribution >= 4 is 5.91 Å². The average Bonchev–Trinajstić information content (AvgIpc) is 3.17. The third-order valence-electron chi connectivity index (χ3n) is 5.56. The van der Waals surface area contributed by atoms with Gasteiger partial charge in [0.05, 0.1) is 26.2 Å². The van der Waals surface area contributed by atoms with Crippen LogP contribution < -0.4 is 19.1 Å². The second-order valence-electron chi connectivity index (χ2n) is 7.53. The van der Waals surface area contributed by atoms with Gasteiger partial charge in [0.2, 0.25) is 6.79 Å². The Morgan fingerprint density at radius 2 is 1.82 bits per heavy atom. The van der Waals surface area contributed by atoms with Crippen molar-refractivity contribution < 1.29 is 23.9 Å². The van der Waals surface area contributed by atoms with Gasteiger partial charge in [0.25, 0.3) is 5.91 Å². The number of amides is 1. The van der Waals surface area contributed by atoms with Crippen molar-refractivity contribution in [3.05, 3.63) is 53.1 Å². The summed E-state index contributed by atoms with van der Waals surface area (Å²) < 4.78 is 16.5. The maximum Gasteiger partial charge on any atom is 0.260 e. The van der Waals surface area contributed by atoms with Crippen LogP contribution in [-0.4, -0.2) is 50.4 Å². The zero-order chi connectivity index (χ0) is 19.5. The van der Waals surface area contributed by atoms with E-state index in [9.17, 15) is 4.79 Å². The molecule has 2 aromatic carbocycles. The maximum absolute atomic E-state index is 12.5. The molecule has 0 atom stereocenters. The molecule has 0 saturated carbocycles. The van der Waals surface area contributed by atoms with Gasteiger partial charge in [-0.15, -0.1) is 0 Å². The largest absolute Gasteiger partial charge is 0.484 e. The molecule has 1 saturated heterocycles. The minimum Gasteiger partial charge on any atom is -0.484 e. The van der Waals surface area contributed by atoms with E-state index in [0.717, 1.165) is 50.0 Å². The van der Waals surface area contributed by atoms with Gasteiger partial charge in [-0.3, -0.25) is 4.79 Å². The predicted molar refractivity (Wildman–Crippen MR) is 105 cm³/mol. The Balaban J connectivity index is 1.24. The quantitative estimate of drug-likeness (QED) is 0.847. The number of hydrogen-bond acceptors (Lipinski definition) is 4. The summed E-state index contributed by atoms with van der Waals surface area (Å²) >= 11 is 0. The monoisotopic (exact) mass is 383 g/mol. The topological polar surface area (TPSA) is 52.4 Å². The van der Waals surface area contributed by atoms with Crippen molar-refractivity contribution in [1.82, 2.24) is 4.90 Å². The van der Waals surface area contributed by atoms with Gasteiger partial charge in [0.1, 0.15) is 12.3 Å². The van der Waals surface area contributed by atoms with Gasteiger partial charge >= 0.3 is 0 Å². The molecule has 0 spiro atoms. The van der Waals surface area contributed by atoms with Crippen LogP contribution in [-0.2, 0) is 11.3 Å². The molecule has 148 valence electrons. The first-order chi connectivity index (χ1) is 13.6. The van der Waals surface area contributed by atoms with Crippen LogP contribution in [0.4, 0.5) is 0 Å². The molecule has 0 radical (unpaired) electrons. The van der Waals surface area contributed by atoms with Gasteiger partial charge in [-0.2, -0.15) is 0 Å².